The van der Waals surface area contributed by atoms with Crippen LogP contribution in [0.5, 0.6) is 5.75 Å². The molecule has 1 aromatic carbocycles. The number of benzene rings is 1. The summed E-state index contributed by atoms with van der Waals surface area (Å²) >= 11 is 1.79. The molecule has 0 amide bonds. The van der Waals surface area contributed by atoms with E-state index in [1.807, 2.05) is 13.0 Å². The molecule has 0 aliphatic carbocycles. The van der Waals surface area contributed by atoms with Crippen LogP contribution >= 0.6 is 11.3 Å². The summed E-state index contributed by atoms with van der Waals surface area (Å²) in [5, 5.41) is 5.58. The Kier molecular flexibility index (Phi) is 4.79. The Morgan fingerprint density at radius 1 is 1.17 bits per heavy atom. The summed E-state index contributed by atoms with van der Waals surface area (Å²) in [5.41, 5.74) is 2.54. The average Bonchev–Trinajstić information content (AvgIpc) is 2.87. The molecule has 0 saturated heterocycles. The normalized spacial score (nSPS) is 10.6. The molecule has 0 atom stereocenters. The standard InChI is InChI=1S/C15H19NOS/c1-3-17-15-8-4-6-13(12(15)2)10-16-11-14-7-5-9-18-14/h4-9,16H,3,10-11H2,1-2H3. The highest BCUT2D eigenvalue weighted by molar-refractivity contribution is 7.09. The van der Waals surface area contributed by atoms with Crippen LogP contribution in [0.4, 0.5) is 0 Å². The number of hydrogen-bond donors (Lipinski definition) is 1. The van der Waals surface area contributed by atoms with E-state index in [-0.39, 0.29) is 0 Å². The molecular formula is C15H19NOS. The molecule has 1 aromatic heterocycles. The Morgan fingerprint density at radius 3 is 2.78 bits per heavy atom. The molecule has 0 unspecified atom stereocenters. The summed E-state index contributed by atoms with van der Waals surface area (Å²) in [4.78, 5) is 1.37. The van der Waals surface area contributed by atoms with Gasteiger partial charge in [-0.2, -0.15) is 0 Å². The smallest absolute Gasteiger partial charge is 0.122 e. The summed E-state index contributed by atoms with van der Waals surface area (Å²) in [6, 6.07) is 10.5. The lowest BCUT2D eigenvalue weighted by molar-refractivity contribution is 0.337. The van der Waals surface area contributed by atoms with Gasteiger partial charge in [0, 0.05) is 18.0 Å². The first kappa shape index (κ1) is 13.1. The quantitative estimate of drug-likeness (QED) is 0.855. The Balaban J connectivity index is 1.94. The van der Waals surface area contributed by atoms with Gasteiger partial charge in [0.05, 0.1) is 6.61 Å². The molecule has 0 spiro atoms. The van der Waals surface area contributed by atoms with E-state index in [9.17, 15) is 0 Å². The topological polar surface area (TPSA) is 21.3 Å². The van der Waals surface area contributed by atoms with Gasteiger partial charge in [0.1, 0.15) is 5.75 Å². The Labute approximate surface area is 113 Å². The maximum Gasteiger partial charge on any atom is 0.122 e. The molecule has 0 saturated carbocycles. The van der Waals surface area contributed by atoms with Gasteiger partial charge in [0.25, 0.3) is 0 Å². The highest BCUT2D eigenvalue weighted by Gasteiger charge is 2.04. The first-order chi connectivity index (χ1) is 8.81. The second-order valence-corrected chi connectivity index (χ2v) is 5.19. The van der Waals surface area contributed by atoms with Gasteiger partial charge in [-0.05, 0) is 42.5 Å². The van der Waals surface area contributed by atoms with Crippen LogP contribution in [0.2, 0.25) is 0 Å². The van der Waals surface area contributed by atoms with E-state index >= 15 is 0 Å². The van der Waals surface area contributed by atoms with Crippen molar-refractivity contribution in [3.05, 3.63) is 51.7 Å². The van der Waals surface area contributed by atoms with Crippen molar-refractivity contribution in [1.29, 1.82) is 0 Å². The molecule has 1 N–H and O–H groups in total. The fourth-order valence-corrected chi connectivity index (χ4v) is 2.57. The lowest BCUT2D eigenvalue weighted by atomic mass is 10.1. The van der Waals surface area contributed by atoms with Gasteiger partial charge in [-0.15, -0.1) is 11.3 Å². The van der Waals surface area contributed by atoms with E-state index < -0.39 is 0 Å². The highest BCUT2D eigenvalue weighted by atomic mass is 32.1. The minimum Gasteiger partial charge on any atom is -0.494 e. The van der Waals surface area contributed by atoms with Crippen LogP contribution in [-0.4, -0.2) is 6.61 Å². The number of nitrogens with one attached hydrogen (secondary N) is 1. The predicted octanol–water partition coefficient (Wildman–Crippen LogP) is 3.75. The van der Waals surface area contributed by atoms with Crippen molar-refractivity contribution in [1.82, 2.24) is 5.32 Å². The van der Waals surface area contributed by atoms with Crippen LogP contribution < -0.4 is 10.1 Å². The van der Waals surface area contributed by atoms with Crippen LogP contribution in [0.25, 0.3) is 0 Å². The third kappa shape index (κ3) is 3.34. The summed E-state index contributed by atoms with van der Waals surface area (Å²) in [6.07, 6.45) is 0. The third-order valence-corrected chi connectivity index (χ3v) is 3.77. The summed E-state index contributed by atoms with van der Waals surface area (Å²) in [6.45, 7) is 6.65. The van der Waals surface area contributed by atoms with Crippen molar-refractivity contribution >= 4 is 11.3 Å². The summed E-state index contributed by atoms with van der Waals surface area (Å²) in [7, 11) is 0. The molecule has 1 heterocycles. The van der Waals surface area contributed by atoms with E-state index in [2.05, 4.69) is 41.9 Å². The summed E-state index contributed by atoms with van der Waals surface area (Å²) in [5.74, 6) is 0.993. The first-order valence-corrected chi connectivity index (χ1v) is 7.13. The fraction of sp³-hybridized carbons (Fsp3) is 0.333. The average molecular weight is 261 g/mol. The van der Waals surface area contributed by atoms with Crippen molar-refractivity contribution in [2.24, 2.45) is 0 Å². The predicted molar refractivity (Wildman–Crippen MR) is 77.2 cm³/mol. The van der Waals surface area contributed by atoms with Gasteiger partial charge in [-0.1, -0.05) is 18.2 Å². The second kappa shape index (κ2) is 6.57. The SMILES string of the molecule is CCOc1cccc(CNCc2cccs2)c1C. The van der Waals surface area contributed by atoms with E-state index in [1.54, 1.807) is 11.3 Å². The van der Waals surface area contributed by atoms with Crippen molar-refractivity contribution < 1.29 is 4.74 Å². The zero-order valence-electron chi connectivity index (χ0n) is 10.9. The molecule has 0 fully saturated rings. The molecule has 2 rings (SSSR count). The minimum absolute atomic E-state index is 0.715. The van der Waals surface area contributed by atoms with Crippen LogP contribution in [0.1, 0.15) is 22.9 Å². The Bertz CT molecular complexity index is 479. The second-order valence-electron chi connectivity index (χ2n) is 4.16. The molecule has 0 bridgehead atoms. The van der Waals surface area contributed by atoms with Crippen LogP contribution in [0.15, 0.2) is 35.7 Å². The molecule has 2 nitrogen and oxygen atoms in total. The number of hydrogen-bond acceptors (Lipinski definition) is 3. The number of thiophene rings is 1. The van der Waals surface area contributed by atoms with Gasteiger partial charge in [-0.3, -0.25) is 0 Å². The highest BCUT2D eigenvalue weighted by Crippen LogP contribution is 2.21. The van der Waals surface area contributed by atoms with E-state index in [4.69, 9.17) is 4.74 Å². The maximum absolute atomic E-state index is 5.60. The number of ether oxygens (including phenoxy) is 1. The van der Waals surface area contributed by atoms with Gasteiger partial charge in [0.15, 0.2) is 0 Å². The molecule has 0 aliphatic heterocycles. The van der Waals surface area contributed by atoms with E-state index in [0.29, 0.717) is 6.61 Å². The molecule has 3 heteroatoms. The Hall–Kier alpha value is -1.32. The largest absolute Gasteiger partial charge is 0.494 e. The fourth-order valence-electron chi connectivity index (χ4n) is 1.90. The molecule has 0 aliphatic rings. The van der Waals surface area contributed by atoms with Gasteiger partial charge >= 0.3 is 0 Å². The Morgan fingerprint density at radius 2 is 2.06 bits per heavy atom. The molecular weight excluding hydrogens is 242 g/mol. The lowest BCUT2D eigenvalue weighted by Gasteiger charge is -2.12. The van der Waals surface area contributed by atoms with Crippen molar-refractivity contribution in [2.45, 2.75) is 26.9 Å². The van der Waals surface area contributed by atoms with E-state index in [1.165, 1.54) is 16.0 Å². The van der Waals surface area contributed by atoms with Crippen LogP contribution in [-0.2, 0) is 13.1 Å². The zero-order chi connectivity index (χ0) is 12.8. The van der Waals surface area contributed by atoms with Crippen molar-refractivity contribution in [2.75, 3.05) is 6.61 Å². The maximum atomic E-state index is 5.60. The lowest BCUT2D eigenvalue weighted by Crippen LogP contribution is -2.13. The van der Waals surface area contributed by atoms with Crippen LogP contribution in [0.3, 0.4) is 0 Å². The monoisotopic (exact) mass is 261 g/mol. The number of rotatable bonds is 6. The van der Waals surface area contributed by atoms with Crippen molar-refractivity contribution in [3.63, 3.8) is 0 Å². The zero-order valence-corrected chi connectivity index (χ0v) is 11.7. The minimum atomic E-state index is 0.715. The van der Waals surface area contributed by atoms with Gasteiger partial charge in [-0.25, -0.2) is 0 Å². The first-order valence-electron chi connectivity index (χ1n) is 6.25. The van der Waals surface area contributed by atoms with Gasteiger partial charge < -0.3 is 10.1 Å². The molecule has 96 valence electrons. The van der Waals surface area contributed by atoms with Gasteiger partial charge in [0.2, 0.25) is 0 Å². The molecule has 0 radical (unpaired) electrons. The van der Waals surface area contributed by atoms with E-state index in [0.717, 1.165) is 18.8 Å². The van der Waals surface area contributed by atoms with Crippen molar-refractivity contribution in [3.8, 4) is 5.75 Å². The third-order valence-electron chi connectivity index (χ3n) is 2.89. The van der Waals surface area contributed by atoms with Crippen LogP contribution in [0, 0.1) is 6.92 Å². The molecule has 2 aromatic rings. The summed E-state index contributed by atoms with van der Waals surface area (Å²) < 4.78 is 5.60. The molecule has 18 heavy (non-hydrogen) atoms.